The van der Waals surface area contributed by atoms with Gasteiger partial charge in [-0.25, -0.2) is 0 Å². The lowest BCUT2D eigenvalue weighted by Crippen LogP contribution is -2.32. The van der Waals surface area contributed by atoms with Crippen molar-refractivity contribution in [1.82, 2.24) is 13.9 Å². The Bertz CT molecular complexity index is 1430. The molecular formula is C24H20ClN3O4. The quantitative estimate of drug-likeness (QED) is 0.507. The van der Waals surface area contributed by atoms with E-state index in [0.717, 1.165) is 11.1 Å². The molecule has 0 saturated heterocycles. The number of benzene rings is 2. The average molecular weight is 450 g/mol. The van der Waals surface area contributed by atoms with Gasteiger partial charge in [0.15, 0.2) is 11.3 Å². The number of carbonyl (C=O) groups excluding carboxylic acids is 1. The number of aromatic nitrogens is 2. The summed E-state index contributed by atoms with van der Waals surface area (Å²) in [6.45, 7) is 0.508. The number of hydrogen-bond donors (Lipinski definition) is 1. The molecule has 1 N–H and O–H groups in total. The first-order chi connectivity index (χ1) is 15.3. The number of amides is 1. The van der Waals surface area contributed by atoms with Crippen molar-refractivity contribution in [2.24, 2.45) is 0 Å². The van der Waals surface area contributed by atoms with E-state index in [1.165, 1.54) is 32.5 Å². The molecule has 32 heavy (non-hydrogen) atoms. The minimum Gasteiger partial charge on any atom is -0.503 e. The van der Waals surface area contributed by atoms with Crippen molar-refractivity contribution in [3.05, 3.63) is 115 Å². The summed E-state index contributed by atoms with van der Waals surface area (Å²) < 4.78 is 2.67. The van der Waals surface area contributed by atoms with Crippen molar-refractivity contribution in [1.29, 1.82) is 0 Å². The van der Waals surface area contributed by atoms with Crippen molar-refractivity contribution in [3.8, 4) is 5.75 Å². The lowest BCUT2D eigenvalue weighted by molar-refractivity contribution is 0.0783. The zero-order valence-electron chi connectivity index (χ0n) is 17.2. The molecule has 7 nitrogen and oxygen atoms in total. The van der Waals surface area contributed by atoms with Crippen LogP contribution in [0.5, 0.6) is 5.75 Å². The molecule has 0 aliphatic heterocycles. The van der Waals surface area contributed by atoms with Crippen molar-refractivity contribution >= 4 is 23.0 Å². The van der Waals surface area contributed by atoms with E-state index in [0.29, 0.717) is 11.6 Å². The molecule has 0 unspecified atom stereocenters. The second-order valence-electron chi connectivity index (χ2n) is 7.48. The predicted molar refractivity (Wildman–Crippen MR) is 122 cm³/mol. The van der Waals surface area contributed by atoms with Crippen LogP contribution in [-0.4, -0.2) is 31.9 Å². The monoisotopic (exact) mass is 449 g/mol. The smallest absolute Gasteiger partial charge is 0.279 e. The standard InChI is InChI=1S/C24H20ClN3O4/c1-26(13-16-6-3-2-4-7-16)23(31)19-15-27-10-11-28(14-17-8-5-9-18(25)12-17)24(32)20(27)22(30)21(19)29/h2-12,15,30H,13-14H2,1H3. The molecule has 1 amide bonds. The number of nitrogens with zero attached hydrogens (tertiary/aromatic N) is 3. The molecule has 0 aliphatic carbocycles. The molecule has 0 saturated carbocycles. The molecule has 8 heteroatoms. The molecule has 0 atom stereocenters. The fourth-order valence-electron chi connectivity index (χ4n) is 3.55. The fourth-order valence-corrected chi connectivity index (χ4v) is 3.76. The number of pyridine rings is 1. The number of hydrogen-bond acceptors (Lipinski definition) is 4. The van der Waals surface area contributed by atoms with Crippen LogP contribution in [0.1, 0.15) is 21.5 Å². The Labute approximate surface area is 188 Å². The van der Waals surface area contributed by atoms with Crippen LogP contribution >= 0.6 is 11.6 Å². The van der Waals surface area contributed by atoms with Gasteiger partial charge in [-0.3, -0.25) is 14.4 Å². The van der Waals surface area contributed by atoms with Crippen molar-refractivity contribution < 1.29 is 9.90 Å². The van der Waals surface area contributed by atoms with Crippen molar-refractivity contribution in [3.63, 3.8) is 0 Å². The van der Waals surface area contributed by atoms with E-state index >= 15 is 0 Å². The molecule has 0 spiro atoms. The minimum absolute atomic E-state index is 0.193. The highest BCUT2D eigenvalue weighted by Gasteiger charge is 2.21. The summed E-state index contributed by atoms with van der Waals surface area (Å²) in [5, 5.41) is 11.1. The summed E-state index contributed by atoms with van der Waals surface area (Å²) in [5.41, 5.74) is -0.157. The maximum absolute atomic E-state index is 13.0. The summed E-state index contributed by atoms with van der Waals surface area (Å²) in [7, 11) is 1.57. The third-order valence-corrected chi connectivity index (χ3v) is 5.40. The SMILES string of the molecule is CN(Cc1ccccc1)C(=O)c1cn2ccn(Cc3cccc(Cl)c3)c(=O)c2c(O)c1=O. The topological polar surface area (TPSA) is 84.0 Å². The van der Waals surface area contributed by atoms with Gasteiger partial charge in [0.2, 0.25) is 5.43 Å². The molecule has 2 aromatic heterocycles. The highest BCUT2D eigenvalue weighted by Crippen LogP contribution is 2.15. The second-order valence-corrected chi connectivity index (χ2v) is 7.92. The second kappa shape index (κ2) is 8.72. The van der Waals surface area contributed by atoms with Gasteiger partial charge in [0.1, 0.15) is 5.56 Å². The lowest BCUT2D eigenvalue weighted by Gasteiger charge is -2.18. The Morgan fingerprint density at radius 1 is 1.03 bits per heavy atom. The largest absolute Gasteiger partial charge is 0.503 e. The van der Waals surface area contributed by atoms with Crippen molar-refractivity contribution in [2.45, 2.75) is 13.1 Å². The highest BCUT2D eigenvalue weighted by atomic mass is 35.5. The highest BCUT2D eigenvalue weighted by molar-refractivity contribution is 6.30. The van der Waals surface area contributed by atoms with E-state index in [1.807, 2.05) is 36.4 Å². The number of aromatic hydroxyl groups is 1. The Morgan fingerprint density at radius 2 is 1.75 bits per heavy atom. The van der Waals surface area contributed by atoms with Crippen molar-refractivity contribution in [2.75, 3.05) is 7.05 Å². The molecule has 0 radical (unpaired) electrons. The van der Waals surface area contributed by atoms with E-state index < -0.39 is 22.6 Å². The Balaban J connectivity index is 1.71. The van der Waals surface area contributed by atoms with Crippen LogP contribution in [-0.2, 0) is 13.1 Å². The molecule has 2 aromatic carbocycles. The van der Waals surface area contributed by atoms with E-state index in [2.05, 4.69) is 0 Å². The molecule has 4 aromatic rings. The first-order valence-corrected chi connectivity index (χ1v) is 10.2. The van der Waals surface area contributed by atoms with Crippen LogP contribution in [0.2, 0.25) is 5.02 Å². The molecule has 2 heterocycles. The summed E-state index contributed by atoms with van der Waals surface area (Å²) >= 11 is 6.01. The number of rotatable bonds is 5. The van der Waals surface area contributed by atoms with Gasteiger partial charge in [0, 0.05) is 37.2 Å². The number of fused-ring (bicyclic) bond motifs is 1. The van der Waals surface area contributed by atoms with Gasteiger partial charge in [-0.2, -0.15) is 0 Å². The number of carbonyl (C=O) groups is 1. The third-order valence-electron chi connectivity index (χ3n) is 5.16. The lowest BCUT2D eigenvalue weighted by atomic mass is 10.1. The van der Waals surface area contributed by atoms with Crippen LogP contribution in [0, 0.1) is 0 Å². The molecule has 162 valence electrons. The molecule has 0 aliphatic rings. The minimum atomic E-state index is -0.882. The van der Waals surface area contributed by atoms with Crippen LogP contribution in [0.3, 0.4) is 0 Å². The zero-order valence-corrected chi connectivity index (χ0v) is 18.0. The van der Waals surface area contributed by atoms with E-state index in [9.17, 15) is 19.5 Å². The van der Waals surface area contributed by atoms with Gasteiger partial charge >= 0.3 is 0 Å². The Morgan fingerprint density at radius 3 is 2.47 bits per heavy atom. The van der Waals surface area contributed by atoms with E-state index in [1.54, 1.807) is 25.2 Å². The van der Waals surface area contributed by atoms with Gasteiger partial charge in [-0.1, -0.05) is 54.1 Å². The van der Waals surface area contributed by atoms with Gasteiger partial charge in [0.05, 0.1) is 6.54 Å². The van der Waals surface area contributed by atoms with Gasteiger partial charge in [0.25, 0.3) is 11.5 Å². The maximum Gasteiger partial charge on any atom is 0.279 e. The maximum atomic E-state index is 13.0. The van der Waals surface area contributed by atoms with Crippen LogP contribution in [0.4, 0.5) is 0 Å². The third kappa shape index (κ3) is 4.15. The first kappa shape index (κ1) is 21.4. The predicted octanol–water partition coefficient (Wildman–Crippen LogP) is 3.14. The molecule has 0 fully saturated rings. The first-order valence-electron chi connectivity index (χ1n) is 9.86. The van der Waals surface area contributed by atoms with Gasteiger partial charge in [-0.15, -0.1) is 0 Å². The van der Waals surface area contributed by atoms with E-state index in [4.69, 9.17) is 11.6 Å². The van der Waals surface area contributed by atoms with Gasteiger partial charge in [-0.05, 0) is 23.3 Å². The zero-order chi connectivity index (χ0) is 22.8. The average Bonchev–Trinajstić information content (AvgIpc) is 2.78. The van der Waals surface area contributed by atoms with Crippen LogP contribution in [0.15, 0.2) is 82.8 Å². The summed E-state index contributed by atoms with van der Waals surface area (Å²) in [6.07, 6.45) is 4.34. The normalized spacial score (nSPS) is 10.9. The van der Waals surface area contributed by atoms with E-state index in [-0.39, 0.29) is 17.6 Å². The summed E-state index contributed by atoms with van der Waals surface area (Å²) in [5.74, 6) is -1.30. The molecule has 4 rings (SSSR count). The Hall–Kier alpha value is -3.84. The van der Waals surface area contributed by atoms with Crippen LogP contribution in [0.25, 0.3) is 5.52 Å². The van der Waals surface area contributed by atoms with Gasteiger partial charge < -0.3 is 19.0 Å². The summed E-state index contributed by atoms with van der Waals surface area (Å²) in [4.78, 5) is 40.0. The van der Waals surface area contributed by atoms with Crippen LogP contribution < -0.4 is 11.0 Å². The number of halogens is 1. The molecule has 0 bridgehead atoms. The fraction of sp³-hybridized carbons (Fsp3) is 0.125. The Kier molecular flexibility index (Phi) is 5.83. The molecular weight excluding hydrogens is 430 g/mol. The summed E-state index contributed by atoms with van der Waals surface area (Å²) in [6, 6.07) is 16.4.